The summed E-state index contributed by atoms with van der Waals surface area (Å²) in [7, 11) is -1.68. The summed E-state index contributed by atoms with van der Waals surface area (Å²) in [6, 6.07) is 6.98. The molecule has 2 fully saturated rings. The Morgan fingerprint density at radius 3 is 2.53 bits per heavy atom. The summed E-state index contributed by atoms with van der Waals surface area (Å²) < 4.78 is 34.1. The van der Waals surface area contributed by atoms with Crippen LogP contribution in [0.3, 0.4) is 0 Å². The molecule has 0 saturated carbocycles. The summed E-state index contributed by atoms with van der Waals surface area (Å²) in [6.45, 7) is 4.48. The lowest BCUT2D eigenvalue weighted by atomic mass is 10.0. The standard InChI is InChI=1S/C21H29N5O4S2/c1-16-5-3-4-10-26(16)19(27)15-31-21-23-22-20(24(21)2)17-6-8-18(9-7-17)32(28,29)25-11-13-30-14-12-25/h6-9,16H,3-5,10-15H2,1-2H3/t16-/m1/s1. The van der Waals surface area contributed by atoms with Gasteiger partial charge >= 0.3 is 0 Å². The second-order valence-electron chi connectivity index (χ2n) is 8.13. The first kappa shape index (κ1) is 23.2. The first-order valence-corrected chi connectivity index (χ1v) is 13.3. The van der Waals surface area contributed by atoms with E-state index in [1.54, 1.807) is 24.3 Å². The monoisotopic (exact) mass is 479 g/mol. The highest BCUT2D eigenvalue weighted by Crippen LogP contribution is 2.26. The number of hydrogen-bond donors (Lipinski definition) is 0. The molecule has 2 aliphatic rings. The molecular weight excluding hydrogens is 450 g/mol. The molecule has 0 aliphatic carbocycles. The minimum atomic E-state index is -3.54. The zero-order valence-corrected chi connectivity index (χ0v) is 20.1. The van der Waals surface area contributed by atoms with Crippen molar-refractivity contribution >= 4 is 27.7 Å². The van der Waals surface area contributed by atoms with Crippen LogP contribution in [-0.4, -0.2) is 82.9 Å². The second kappa shape index (κ2) is 9.90. The Kier molecular flexibility index (Phi) is 7.18. The lowest BCUT2D eigenvalue weighted by Gasteiger charge is -2.33. The van der Waals surface area contributed by atoms with Crippen LogP contribution in [0.4, 0.5) is 0 Å². The van der Waals surface area contributed by atoms with Gasteiger partial charge in [0, 0.05) is 38.3 Å². The molecule has 32 heavy (non-hydrogen) atoms. The van der Waals surface area contributed by atoms with Crippen molar-refractivity contribution < 1.29 is 17.9 Å². The molecule has 9 nitrogen and oxygen atoms in total. The molecule has 0 bridgehead atoms. The zero-order chi connectivity index (χ0) is 22.7. The molecule has 1 aromatic carbocycles. The molecule has 0 N–H and O–H groups in total. The molecule has 1 aromatic heterocycles. The van der Waals surface area contributed by atoms with E-state index in [2.05, 4.69) is 17.1 Å². The van der Waals surface area contributed by atoms with Gasteiger partial charge in [-0.15, -0.1) is 10.2 Å². The molecule has 4 rings (SSSR count). The van der Waals surface area contributed by atoms with E-state index in [0.717, 1.165) is 24.9 Å². The van der Waals surface area contributed by atoms with Crippen LogP contribution in [0.2, 0.25) is 0 Å². The van der Waals surface area contributed by atoms with E-state index in [1.807, 2.05) is 16.5 Å². The smallest absolute Gasteiger partial charge is 0.243 e. The van der Waals surface area contributed by atoms with Crippen molar-refractivity contribution in [3.8, 4) is 11.4 Å². The summed E-state index contributed by atoms with van der Waals surface area (Å²) in [5.74, 6) is 1.08. The third-order valence-electron chi connectivity index (χ3n) is 6.00. The van der Waals surface area contributed by atoms with Gasteiger partial charge < -0.3 is 14.2 Å². The third-order valence-corrected chi connectivity index (χ3v) is 8.92. The number of likely N-dealkylation sites (tertiary alicyclic amines) is 1. The van der Waals surface area contributed by atoms with Crippen LogP contribution < -0.4 is 0 Å². The Morgan fingerprint density at radius 2 is 1.84 bits per heavy atom. The van der Waals surface area contributed by atoms with Crippen LogP contribution in [0.5, 0.6) is 0 Å². The van der Waals surface area contributed by atoms with Crippen LogP contribution in [0.25, 0.3) is 11.4 Å². The molecule has 0 spiro atoms. The van der Waals surface area contributed by atoms with Crippen molar-refractivity contribution in [2.75, 3.05) is 38.6 Å². The molecular formula is C21H29N5O4S2. The maximum Gasteiger partial charge on any atom is 0.243 e. The van der Waals surface area contributed by atoms with E-state index in [9.17, 15) is 13.2 Å². The molecule has 174 valence electrons. The van der Waals surface area contributed by atoms with Gasteiger partial charge in [0.25, 0.3) is 0 Å². The van der Waals surface area contributed by atoms with Gasteiger partial charge in [-0.25, -0.2) is 8.42 Å². The molecule has 0 radical (unpaired) electrons. The Morgan fingerprint density at radius 1 is 1.12 bits per heavy atom. The van der Waals surface area contributed by atoms with E-state index >= 15 is 0 Å². The molecule has 2 aromatic rings. The van der Waals surface area contributed by atoms with Gasteiger partial charge in [-0.3, -0.25) is 4.79 Å². The highest BCUT2D eigenvalue weighted by molar-refractivity contribution is 7.99. The van der Waals surface area contributed by atoms with Crippen molar-refractivity contribution in [3.63, 3.8) is 0 Å². The number of nitrogens with zero attached hydrogens (tertiary/aromatic N) is 5. The Balaban J connectivity index is 1.43. The fourth-order valence-corrected chi connectivity index (χ4v) is 6.29. The summed E-state index contributed by atoms with van der Waals surface area (Å²) >= 11 is 1.38. The number of aromatic nitrogens is 3. The molecule has 2 saturated heterocycles. The van der Waals surface area contributed by atoms with Crippen molar-refractivity contribution in [2.45, 2.75) is 42.3 Å². The van der Waals surface area contributed by atoms with Crippen LogP contribution >= 0.6 is 11.8 Å². The highest BCUT2D eigenvalue weighted by Gasteiger charge is 2.27. The van der Waals surface area contributed by atoms with Crippen LogP contribution in [0.15, 0.2) is 34.3 Å². The fraction of sp³-hybridized carbons (Fsp3) is 0.571. The largest absolute Gasteiger partial charge is 0.379 e. The second-order valence-corrected chi connectivity index (χ2v) is 11.0. The number of sulfonamides is 1. The molecule has 2 aliphatic heterocycles. The number of benzene rings is 1. The maximum atomic E-state index is 12.8. The van der Waals surface area contributed by atoms with Crippen molar-refractivity contribution in [3.05, 3.63) is 24.3 Å². The van der Waals surface area contributed by atoms with Crippen molar-refractivity contribution in [2.24, 2.45) is 7.05 Å². The Hall–Kier alpha value is -1.95. The lowest BCUT2D eigenvalue weighted by Crippen LogP contribution is -2.42. The van der Waals surface area contributed by atoms with E-state index < -0.39 is 10.0 Å². The number of morpholine rings is 1. The highest BCUT2D eigenvalue weighted by atomic mass is 32.2. The van der Waals surface area contributed by atoms with E-state index in [1.165, 1.54) is 22.5 Å². The Bertz CT molecular complexity index is 1050. The molecule has 11 heteroatoms. The molecule has 0 unspecified atom stereocenters. The van der Waals surface area contributed by atoms with Gasteiger partial charge in [-0.1, -0.05) is 11.8 Å². The number of carbonyl (C=O) groups is 1. The average molecular weight is 480 g/mol. The molecule has 1 atom stereocenters. The van der Waals surface area contributed by atoms with Crippen LogP contribution in [-0.2, 0) is 26.6 Å². The summed E-state index contributed by atoms with van der Waals surface area (Å²) in [4.78, 5) is 14.8. The van der Waals surface area contributed by atoms with Crippen LogP contribution in [0, 0.1) is 0 Å². The fourth-order valence-electron chi connectivity index (χ4n) is 4.08. The number of carbonyl (C=O) groups excluding carboxylic acids is 1. The summed E-state index contributed by atoms with van der Waals surface area (Å²) in [5.41, 5.74) is 0.767. The average Bonchev–Trinajstić information content (AvgIpc) is 3.18. The van der Waals surface area contributed by atoms with Gasteiger partial charge in [0.2, 0.25) is 15.9 Å². The normalized spacial score (nSPS) is 20.4. The van der Waals surface area contributed by atoms with E-state index in [4.69, 9.17) is 4.74 Å². The van der Waals surface area contributed by atoms with E-state index in [-0.39, 0.29) is 10.8 Å². The number of piperidine rings is 1. The predicted molar refractivity (Wildman–Crippen MR) is 122 cm³/mol. The first-order valence-electron chi connectivity index (χ1n) is 10.9. The van der Waals surface area contributed by atoms with E-state index in [0.29, 0.717) is 49.1 Å². The van der Waals surface area contributed by atoms with Crippen LogP contribution in [0.1, 0.15) is 26.2 Å². The number of ether oxygens (including phenoxy) is 1. The van der Waals surface area contributed by atoms with Gasteiger partial charge in [-0.05, 0) is 50.5 Å². The number of amides is 1. The van der Waals surface area contributed by atoms with Gasteiger partial charge in [0.15, 0.2) is 11.0 Å². The molecule has 3 heterocycles. The maximum absolute atomic E-state index is 12.8. The van der Waals surface area contributed by atoms with Gasteiger partial charge in [0.05, 0.1) is 23.9 Å². The first-order chi connectivity index (χ1) is 15.4. The lowest BCUT2D eigenvalue weighted by molar-refractivity contribution is -0.131. The SMILES string of the molecule is C[C@@H]1CCCCN1C(=O)CSc1nnc(-c2ccc(S(=O)(=O)N3CCOCC3)cc2)n1C. The van der Waals surface area contributed by atoms with Crippen molar-refractivity contribution in [1.82, 2.24) is 24.0 Å². The van der Waals surface area contributed by atoms with Gasteiger partial charge in [-0.2, -0.15) is 4.31 Å². The summed E-state index contributed by atoms with van der Waals surface area (Å²) in [5, 5.41) is 9.16. The number of rotatable bonds is 6. The molecule has 1 amide bonds. The number of thioether (sulfide) groups is 1. The van der Waals surface area contributed by atoms with Crippen molar-refractivity contribution in [1.29, 1.82) is 0 Å². The number of hydrogen-bond acceptors (Lipinski definition) is 7. The van der Waals surface area contributed by atoms with Gasteiger partial charge in [0.1, 0.15) is 0 Å². The quantitative estimate of drug-likeness (QED) is 0.585. The topological polar surface area (TPSA) is 97.6 Å². The zero-order valence-electron chi connectivity index (χ0n) is 18.4. The minimum absolute atomic E-state index is 0.129. The minimum Gasteiger partial charge on any atom is -0.379 e. The third kappa shape index (κ3) is 4.85. The summed E-state index contributed by atoms with van der Waals surface area (Å²) in [6.07, 6.45) is 3.30. The predicted octanol–water partition coefficient (Wildman–Crippen LogP) is 2.00. The Labute approximate surface area is 193 Å².